The van der Waals surface area contributed by atoms with Crippen molar-refractivity contribution < 1.29 is 14.3 Å². The maximum Gasteiger partial charge on any atom is 0.266 e. The Kier molecular flexibility index (Phi) is 7.26. The molecule has 168 valence electrons. The quantitative estimate of drug-likeness (QED) is 0.220. The summed E-state index contributed by atoms with van der Waals surface area (Å²) in [6.45, 7) is 0.359. The molecule has 4 rings (SSSR count). The highest BCUT2D eigenvalue weighted by atomic mass is 79.9. The summed E-state index contributed by atoms with van der Waals surface area (Å²) >= 11 is 3.54. The summed E-state index contributed by atoms with van der Waals surface area (Å²) in [5.74, 6) is 0.544. The summed E-state index contributed by atoms with van der Waals surface area (Å²) in [5, 5.41) is 14.6. The summed E-state index contributed by atoms with van der Waals surface area (Å²) in [5.41, 5.74) is 2.25. The fourth-order valence-electron chi connectivity index (χ4n) is 3.48. The van der Waals surface area contributed by atoms with E-state index in [0.717, 1.165) is 10.9 Å². The van der Waals surface area contributed by atoms with Crippen LogP contribution in [-0.4, -0.2) is 13.0 Å². The fourth-order valence-corrected chi connectivity index (χ4v) is 4.06. The molecule has 1 amide bonds. The number of anilines is 1. The molecule has 0 aliphatic heterocycles. The van der Waals surface area contributed by atoms with Gasteiger partial charge in [0, 0.05) is 5.69 Å². The number of halogens is 1. The van der Waals surface area contributed by atoms with Crippen molar-refractivity contribution in [3.05, 3.63) is 106 Å². The summed E-state index contributed by atoms with van der Waals surface area (Å²) in [6, 6.07) is 28.8. The van der Waals surface area contributed by atoms with Gasteiger partial charge in [0.15, 0.2) is 11.5 Å². The zero-order valence-electron chi connectivity index (χ0n) is 18.4. The van der Waals surface area contributed by atoms with Crippen molar-refractivity contribution in [3.8, 4) is 17.6 Å². The van der Waals surface area contributed by atoms with Crippen LogP contribution in [0.1, 0.15) is 11.1 Å². The molecule has 0 heterocycles. The second-order valence-electron chi connectivity index (χ2n) is 7.49. The van der Waals surface area contributed by atoms with E-state index in [1.165, 1.54) is 11.5 Å². The van der Waals surface area contributed by atoms with Gasteiger partial charge in [-0.2, -0.15) is 5.26 Å². The molecule has 0 aromatic heterocycles. The molecule has 0 aliphatic carbocycles. The minimum absolute atomic E-state index is 0.0253. The Morgan fingerprint density at radius 1 is 1.00 bits per heavy atom. The van der Waals surface area contributed by atoms with Crippen LogP contribution in [0.15, 0.2) is 95.0 Å². The van der Waals surface area contributed by atoms with E-state index in [1.54, 1.807) is 31.4 Å². The number of hydrogen-bond donors (Lipinski definition) is 1. The molecule has 6 heteroatoms. The van der Waals surface area contributed by atoms with E-state index in [9.17, 15) is 10.1 Å². The van der Waals surface area contributed by atoms with E-state index in [0.29, 0.717) is 33.8 Å². The molecule has 0 atom stereocenters. The third-order valence-corrected chi connectivity index (χ3v) is 5.75. The Labute approximate surface area is 206 Å². The van der Waals surface area contributed by atoms with E-state index in [-0.39, 0.29) is 5.57 Å². The molecule has 5 nitrogen and oxygen atoms in total. The lowest BCUT2D eigenvalue weighted by Crippen LogP contribution is -2.13. The van der Waals surface area contributed by atoms with Crippen molar-refractivity contribution in [1.82, 2.24) is 0 Å². The molecular weight excluding hydrogens is 492 g/mol. The highest BCUT2D eigenvalue weighted by Gasteiger charge is 2.14. The van der Waals surface area contributed by atoms with Gasteiger partial charge in [-0.25, -0.2) is 0 Å². The first-order chi connectivity index (χ1) is 16.6. The number of nitriles is 1. The maximum atomic E-state index is 12.5. The monoisotopic (exact) mass is 512 g/mol. The highest BCUT2D eigenvalue weighted by molar-refractivity contribution is 9.10. The first-order valence-electron chi connectivity index (χ1n) is 10.5. The summed E-state index contributed by atoms with van der Waals surface area (Å²) in [6.07, 6.45) is 1.51. The first-order valence-corrected chi connectivity index (χ1v) is 11.3. The molecule has 0 fully saturated rings. The topological polar surface area (TPSA) is 71.3 Å². The summed E-state index contributed by atoms with van der Waals surface area (Å²) in [4.78, 5) is 12.5. The number of ether oxygens (including phenoxy) is 2. The number of benzene rings is 4. The van der Waals surface area contributed by atoms with Crippen molar-refractivity contribution in [2.24, 2.45) is 0 Å². The Morgan fingerprint density at radius 3 is 2.47 bits per heavy atom. The van der Waals surface area contributed by atoms with Crippen LogP contribution in [0.3, 0.4) is 0 Å². The van der Waals surface area contributed by atoms with E-state index in [2.05, 4.69) is 45.5 Å². The molecule has 4 aromatic rings. The van der Waals surface area contributed by atoms with Crippen LogP contribution in [0.4, 0.5) is 5.69 Å². The van der Waals surface area contributed by atoms with Gasteiger partial charge in [-0.15, -0.1) is 0 Å². The van der Waals surface area contributed by atoms with Gasteiger partial charge in [-0.05, 0) is 74.2 Å². The number of hydrogen-bond acceptors (Lipinski definition) is 4. The SMILES string of the molecule is COc1cc(/C=C(/C#N)C(=O)Nc2ccccc2)cc(Br)c1OCc1ccc2ccccc2c1. The van der Waals surface area contributed by atoms with Gasteiger partial charge in [0.1, 0.15) is 18.2 Å². The predicted molar refractivity (Wildman–Crippen MR) is 138 cm³/mol. The van der Waals surface area contributed by atoms with Gasteiger partial charge < -0.3 is 14.8 Å². The van der Waals surface area contributed by atoms with Crippen LogP contribution in [0.25, 0.3) is 16.8 Å². The zero-order valence-corrected chi connectivity index (χ0v) is 20.0. The normalized spacial score (nSPS) is 11.0. The van der Waals surface area contributed by atoms with Gasteiger partial charge in [0.2, 0.25) is 0 Å². The molecule has 34 heavy (non-hydrogen) atoms. The number of rotatable bonds is 7. The Morgan fingerprint density at radius 2 is 1.74 bits per heavy atom. The Balaban J connectivity index is 1.54. The number of carbonyl (C=O) groups excluding carboxylic acids is 1. The van der Waals surface area contributed by atoms with Gasteiger partial charge >= 0.3 is 0 Å². The van der Waals surface area contributed by atoms with Crippen molar-refractivity contribution >= 4 is 44.4 Å². The third kappa shape index (κ3) is 5.45. The largest absolute Gasteiger partial charge is 0.493 e. The molecule has 1 N–H and O–H groups in total. The molecule has 0 saturated heterocycles. The molecule has 0 radical (unpaired) electrons. The van der Waals surface area contributed by atoms with Gasteiger partial charge in [-0.3, -0.25) is 4.79 Å². The number of nitrogens with zero attached hydrogens (tertiary/aromatic N) is 1. The highest BCUT2D eigenvalue weighted by Crippen LogP contribution is 2.38. The number of methoxy groups -OCH3 is 1. The summed E-state index contributed by atoms with van der Waals surface area (Å²) in [7, 11) is 1.55. The maximum absolute atomic E-state index is 12.5. The minimum atomic E-state index is -0.486. The minimum Gasteiger partial charge on any atom is -0.493 e. The van der Waals surface area contributed by atoms with E-state index in [4.69, 9.17) is 9.47 Å². The van der Waals surface area contributed by atoms with E-state index < -0.39 is 5.91 Å². The van der Waals surface area contributed by atoms with E-state index in [1.807, 2.05) is 42.5 Å². The number of amides is 1. The Hall–Kier alpha value is -4.08. The number of para-hydroxylation sites is 1. The second kappa shape index (κ2) is 10.7. The molecule has 0 saturated carbocycles. The second-order valence-corrected chi connectivity index (χ2v) is 8.35. The van der Waals surface area contributed by atoms with Gasteiger partial charge in [0.05, 0.1) is 11.6 Å². The smallest absolute Gasteiger partial charge is 0.266 e. The van der Waals surface area contributed by atoms with Crippen LogP contribution in [0.5, 0.6) is 11.5 Å². The lowest BCUT2D eigenvalue weighted by Gasteiger charge is -2.14. The number of fused-ring (bicyclic) bond motifs is 1. The lowest BCUT2D eigenvalue weighted by molar-refractivity contribution is -0.112. The van der Waals surface area contributed by atoms with Crippen LogP contribution < -0.4 is 14.8 Å². The van der Waals surface area contributed by atoms with Crippen LogP contribution in [-0.2, 0) is 11.4 Å². The zero-order chi connectivity index (χ0) is 23.9. The molecule has 0 aliphatic rings. The van der Waals surface area contributed by atoms with Crippen LogP contribution >= 0.6 is 15.9 Å². The molecule has 0 bridgehead atoms. The number of carbonyl (C=O) groups is 1. The van der Waals surface area contributed by atoms with Crippen molar-refractivity contribution in [2.75, 3.05) is 12.4 Å². The van der Waals surface area contributed by atoms with Crippen LogP contribution in [0.2, 0.25) is 0 Å². The average Bonchev–Trinajstić information content (AvgIpc) is 2.86. The van der Waals surface area contributed by atoms with Crippen molar-refractivity contribution in [3.63, 3.8) is 0 Å². The molecule has 4 aromatic carbocycles. The third-order valence-electron chi connectivity index (χ3n) is 5.16. The Bertz CT molecular complexity index is 1410. The number of nitrogens with one attached hydrogen (secondary N) is 1. The van der Waals surface area contributed by atoms with Crippen molar-refractivity contribution in [1.29, 1.82) is 5.26 Å². The van der Waals surface area contributed by atoms with E-state index >= 15 is 0 Å². The van der Waals surface area contributed by atoms with Crippen LogP contribution in [0, 0.1) is 11.3 Å². The molecule has 0 spiro atoms. The fraction of sp³-hybridized carbons (Fsp3) is 0.0714. The lowest BCUT2D eigenvalue weighted by atomic mass is 10.1. The first kappa shape index (κ1) is 23.1. The van der Waals surface area contributed by atoms with Gasteiger partial charge in [-0.1, -0.05) is 54.6 Å². The predicted octanol–water partition coefficient (Wildman–Crippen LogP) is 6.74. The van der Waals surface area contributed by atoms with Gasteiger partial charge in [0.25, 0.3) is 5.91 Å². The average molecular weight is 513 g/mol. The molecule has 0 unspecified atom stereocenters. The molecular formula is C28H21BrN2O3. The standard InChI is InChI=1S/C28H21BrN2O3/c1-33-26-16-20(14-23(17-30)28(32)31-24-9-3-2-4-10-24)15-25(29)27(26)34-18-19-11-12-21-7-5-6-8-22(21)13-19/h2-16H,18H2,1H3,(H,31,32)/b23-14-. The summed E-state index contributed by atoms with van der Waals surface area (Å²) < 4.78 is 12.3. The van der Waals surface area contributed by atoms with Crippen molar-refractivity contribution in [2.45, 2.75) is 6.61 Å².